The van der Waals surface area contributed by atoms with Gasteiger partial charge in [-0.2, -0.15) is 0 Å². The van der Waals surface area contributed by atoms with Crippen LogP contribution in [0.3, 0.4) is 0 Å². The van der Waals surface area contributed by atoms with Crippen molar-refractivity contribution in [3.8, 4) is 0 Å². The number of nitrogens with zero attached hydrogens (tertiary/aromatic N) is 1. The fourth-order valence-electron chi connectivity index (χ4n) is 3.41. The molecule has 1 aliphatic carbocycles. The lowest BCUT2D eigenvalue weighted by molar-refractivity contribution is 0.195. The highest BCUT2D eigenvalue weighted by atomic mass is 15.1. The van der Waals surface area contributed by atoms with Gasteiger partial charge in [-0.05, 0) is 49.1 Å². The van der Waals surface area contributed by atoms with Crippen molar-refractivity contribution >= 4 is 0 Å². The summed E-state index contributed by atoms with van der Waals surface area (Å²) in [7, 11) is 0. The second-order valence-corrected chi connectivity index (χ2v) is 6.45. The fraction of sp³-hybridized carbons (Fsp3) is 0.381. The molecule has 115 valence electrons. The third kappa shape index (κ3) is 4.71. The van der Waals surface area contributed by atoms with Crippen LogP contribution in [0.15, 0.2) is 60.7 Å². The van der Waals surface area contributed by atoms with Crippen LogP contribution in [0.5, 0.6) is 0 Å². The van der Waals surface area contributed by atoms with E-state index in [9.17, 15) is 0 Å². The van der Waals surface area contributed by atoms with E-state index >= 15 is 0 Å². The van der Waals surface area contributed by atoms with Crippen LogP contribution >= 0.6 is 0 Å². The first-order valence-corrected chi connectivity index (χ1v) is 8.52. The van der Waals surface area contributed by atoms with Gasteiger partial charge in [0.25, 0.3) is 0 Å². The lowest BCUT2D eigenvalue weighted by Crippen LogP contribution is -2.30. The third-order valence-corrected chi connectivity index (χ3v) is 4.57. The van der Waals surface area contributed by atoms with Crippen molar-refractivity contribution in [1.82, 2.24) is 4.90 Å². The van der Waals surface area contributed by atoms with Gasteiger partial charge in [-0.1, -0.05) is 60.7 Å². The SMILES string of the molecule is [CH]1CCC(CN(Cc2ccccc2)Cc2ccccc2)CC1. The Bertz CT molecular complexity index is 487. The van der Waals surface area contributed by atoms with Crippen molar-refractivity contribution < 1.29 is 0 Å². The number of rotatable bonds is 6. The van der Waals surface area contributed by atoms with E-state index in [1.54, 1.807) is 0 Å². The van der Waals surface area contributed by atoms with Gasteiger partial charge in [-0.25, -0.2) is 0 Å². The molecule has 0 unspecified atom stereocenters. The summed E-state index contributed by atoms with van der Waals surface area (Å²) in [6.45, 7) is 3.32. The van der Waals surface area contributed by atoms with Gasteiger partial charge in [0, 0.05) is 19.6 Å². The molecule has 0 N–H and O–H groups in total. The Labute approximate surface area is 135 Å². The summed E-state index contributed by atoms with van der Waals surface area (Å²) in [5, 5.41) is 0. The van der Waals surface area contributed by atoms with Crippen LogP contribution in [0.25, 0.3) is 0 Å². The molecular formula is C21H26N. The number of hydrogen-bond acceptors (Lipinski definition) is 1. The molecule has 0 aromatic heterocycles. The average Bonchev–Trinajstić information content (AvgIpc) is 2.57. The average molecular weight is 292 g/mol. The van der Waals surface area contributed by atoms with E-state index in [2.05, 4.69) is 72.0 Å². The molecule has 1 nitrogen and oxygen atoms in total. The monoisotopic (exact) mass is 292 g/mol. The first-order valence-electron chi connectivity index (χ1n) is 8.52. The summed E-state index contributed by atoms with van der Waals surface area (Å²) < 4.78 is 0. The molecule has 1 aliphatic rings. The Morgan fingerprint density at radius 2 is 1.23 bits per heavy atom. The first-order chi connectivity index (χ1) is 10.9. The van der Waals surface area contributed by atoms with Crippen molar-refractivity contribution in [3.63, 3.8) is 0 Å². The van der Waals surface area contributed by atoms with Crippen molar-refractivity contribution in [2.45, 2.75) is 38.8 Å². The minimum Gasteiger partial charge on any atom is -0.295 e. The van der Waals surface area contributed by atoms with E-state index < -0.39 is 0 Å². The molecule has 2 aromatic rings. The van der Waals surface area contributed by atoms with Crippen molar-refractivity contribution in [2.75, 3.05) is 6.54 Å². The smallest absolute Gasteiger partial charge is 0.0237 e. The molecule has 1 radical (unpaired) electrons. The lowest BCUT2D eigenvalue weighted by atomic mass is 9.89. The Balaban J connectivity index is 1.66. The standard InChI is InChI=1S/C21H26N/c1-4-10-19(11-5-1)16-22(17-20-12-6-2-7-13-20)18-21-14-8-3-9-15-21/h1-7,10-13,21H,8-9,14-18H2. The molecule has 0 bridgehead atoms. The van der Waals surface area contributed by atoms with Crippen LogP contribution in [0.1, 0.15) is 36.8 Å². The molecule has 1 saturated carbocycles. The van der Waals surface area contributed by atoms with Gasteiger partial charge in [0.15, 0.2) is 0 Å². The molecule has 0 spiro atoms. The van der Waals surface area contributed by atoms with Crippen molar-refractivity contribution in [3.05, 3.63) is 78.2 Å². The summed E-state index contributed by atoms with van der Waals surface area (Å²) in [5.41, 5.74) is 2.83. The lowest BCUT2D eigenvalue weighted by Gasteiger charge is -2.30. The summed E-state index contributed by atoms with van der Waals surface area (Å²) >= 11 is 0. The van der Waals surface area contributed by atoms with Crippen molar-refractivity contribution in [2.24, 2.45) is 5.92 Å². The van der Waals surface area contributed by atoms with Gasteiger partial charge >= 0.3 is 0 Å². The molecule has 3 rings (SSSR count). The van der Waals surface area contributed by atoms with Crippen LogP contribution in [-0.2, 0) is 13.1 Å². The van der Waals surface area contributed by atoms with Gasteiger partial charge in [0.05, 0.1) is 0 Å². The summed E-state index contributed by atoms with van der Waals surface area (Å²) in [4.78, 5) is 2.63. The Kier molecular flexibility index (Phi) is 5.66. The maximum Gasteiger partial charge on any atom is 0.0237 e. The topological polar surface area (TPSA) is 3.24 Å². The highest BCUT2D eigenvalue weighted by Gasteiger charge is 2.17. The van der Waals surface area contributed by atoms with E-state index in [0.717, 1.165) is 19.0 Å². The second kappa shape index (κ2) is 8.14. The minimum absolute atomic E-state index is 0.859. The maximum absolute atomic E-state index is 2.63. The zero-order valence-electron chi connectivity index (χ0n) is 13.3. The van der Waals surface area contributed by atoms with E-state index in [4.69, 9.17) is 0 Å². The second-order valence-electron chi connectivity index (χ2n) is 6.45. The zero-order valence-corrected chi connectivity index (χ0v) is 13.3. The molecular weight excluding hydrogens is 266 g/mol. The molecule has 0 heterocycles. The van der Waals surface area contributed by atoms with E-state index in [1.165, 1.54) is 43.4 Å². The predicted molar refractivity (Wildman–Crippen MR) is 93.3 cm³/mol. The van der Waals surface area contributed by atoms with E-state index in [1.807, 2.05) is 0 Å². The molecule has 1 heteroatoms. The first kappa shape index (κ1) is 15.3. The largest absolute Gasteiger partial charge is 0.295 e. The normalized spacial score (nSPS) is 16.0. The van der Waals surface area contributed by atoms with Crippen LogP contribution < -0.4 is 0 Å². The highest BCUT2D eigenvalue weighted by molar-refractivity contribution is 5.17. The van der Waals surface area contributed by atoms with Gasteiger partial charge in [-0.15, -0.1) is 0 Å². The minimum atomic E-state index is 0.859. The molecule has 2 aromatic carbocycles. The number of hydrogen-bond donors (Lipinski definition) is 0. The van der Waals surface area contributed by atoms with Gasteiger partial charge in [0.1, 0.15) is 0 Å². The van der Waals surface area contributed by atoms with Gasteiger partial charge in [0.2, 0.25) is 0 Å². The summed E-state index contributed by atoms with van der Waals surface area (Å²) in [5.74, 6) is 0.859. The van der Waals surface area contributed by atoms with Gasteiger partial charge < -0.3 is 0 Å². The van der Waals surface area contributed by atoms with Crippen LogP contribution in [0.4, 0.5) is 0 Å². The molecule has 0 amide bonds. The molecule has 0 saturated heterocycles. The van der Waals surface area contributed by atoms with Crippen LogP contribution in [0.2, 0.25) is 0 Å². The summed E-state index contributed by atoms with van der Waals surface area (Å²) in [6.07, 6.45) is 7.78. The van der Waals surface area contributed by atoms with E-state index in [-0.39, 0.29) is 0 Å². The predicted octanol–water partition coefficient (Wildman–Crippen LogP) is 5.08. The van der Waals surface area contributed by atoms with Crippen molar-refractivity contribution in [1.29, 1.82) is 0 Å². The van der Waals surface area contributed by atoms with Crippen LogP contribution in [0, 0.1) is 12.3 Å². The van der Waals surface area contributed by atoms with Gasteiger partial charge in [-0.3, -0.25) is 4.90 Å². The zero-order chi connectivity index (χ0) is 15.0. The maximum atomic E-state index is 2.63. The molecule has 0 atom stereocenters. The Morgan fingerprint density at radius 3 is 1.73 bits per heavy atom. The van der Waals surface area contributed by atoms with Crippen LogP contribution in [-0.4, -0.2) is 11.4 Å². The number of benzene rings is 2. The quantitative estimate of drug-likeness (QED) is 0.717. The Morgan fingerprint density at radius 1 is 0.727 bits per heavy atom. The fourth-order valence-corrected chi connectivity index (χ4v) is 3.41. The molecule has 22 heavy (non-hydrogen) atoms. The van der Waals surface area contributed by atoms with E-state index in [0.29, 0.717) is 0 Å². The molecule has 0 aliphatic heterocycles. The Hall–Kier alpha value is -1.60. The molecule has 1 fully saturated rings. The summed E-state index contributed by atoms with van der Waals surface area (Å²) in [6, 6.07) is 21.7. The third-order valence-electron chi connectivity index (χ3n) is 4.57. The highest BCUT2D eigenvalue weighted by Crippen LogP contribution is 2.25.